The van der Waals surface area contributed by atoms with Gasteiger partial charge in [-0.05, 0) is 42.7 Å². The van der Waals surface area contributed by atoms with Crippen molar-refractivity contribution in [3.05, 3.63) is 53.6 Å². The van der Waals surface area contributed by atoms with Crippen molar-refractivity contribution < 1.29 is 0 Å². The molecule has 0 radical (unpaired) electrons. The summed E-state index contributed by atoms with van der Waals surface area (Å²) in [5.74, 6) is 0. The quantitative estimate of drug-likeness (QED) is 0.684. The number of hydrogen-bond donors (Lipinski definition) is 0. The average Bonchev–Trinajstić information content (AvgIpc) is 2.82. The van der Waals surface area contributed by atoms with Crippen molar-refractivity contribution in [2.45, 2.75) is 20.3 Å². The SMILES string of the molecule is CCc1c(C)cccc1-n1nnc2ccccc21. The Bertz CT molecular complexity index is 698. The van der Waals surface area contributed by atoms with Crippen LogP contribution in [0.5, 0.6) is 0 Å². The second kappa shape index (κ2) is 4.26. The first kappa shape index (κ1) is 11.0. The molecule has 90 valence electrons. The topological polar surface area (TPSA) is 30.7 Å². The van der Waals surface area contributed by atoms with Gasteiger partial charge in [0.2, 0.25) is 0 Å². The van der Waals surface area contributed by atoms with Crippen LogP contribution in [-0.4, -0.2) is 15.0 Å². The molecular formula is C15H15N3. The molecule has 0 fully saturated rings. The summed E-state index contributed by atoms with van der Waals surface area (Å²) >= 11 is 0. The number of aromatic nitrogens is 3. The molecule has 0 unspecified atom stereocenters. The fraction of sp³-hybridized carbons (Fsp3) is 0.200. The van der Waals surface area contributed by atoms with Crippen LogP contribution in [0.2, 0.25) is 0 Å². The van der Waals surface area contributed by atoms with Crippen LogP contribution in [0.25, 0.3) is 16.7 Å². The van der Waals surface area contributed by atoms with Gasteiger partial charge in [0.15, 0.2) is 0 Å². The molecule has 1 heterocycles. The Morgan fingerprint density at radius 2 is 1.89 bits per heavy atom. The van der Waals surface area contributed by atoms with E-state index in [-0.39, 0.29) is 0 Å². The smallest absolute Gasteiger partial charge is 0.113 e. The molecule has 0 N–H and O–H groups in total. The largest absolute Gasteiger partial charge is 0.213 e. The molecule has 18 heavy (non-hydrogen) atoms. The van der Waals surface area contributed by atoms with Gasteiger partial charge in [-0.3, -0.25) is 0 Å². The molecule has 0 bridgehead atoms. The molecular weight excluding hydrogens is 222 g/mol. The highest BCUT2D eigenvalue weighted by atomic mass is 15.4. The fourth-order valence-electron chi connectivity index (χ4n) is 2.39. The van der Waals surface area contributed by atoms with Crippen LogP contribution in [0.15, 0.2) is 42.5 Å². The minimum absolute atomic E-state index is 0.932. The summed E-state index contributed by atoms with van der Waals surface area (Å²) in [4.78, 5) is 0. The van der Waals surface area contributed by atoms with Gasteiger partial charge in [0, 0.05) is 0 Å². The minimum Gasteiger partial charge on any atom is -0.213 e. The zero-order valence-corrected chi connectivity index (χ0v) is 10.6. The fourth-order valence-corrected chi connectivity index (χ4v) is 2.39. The van der Waals surface area contributed by atoms with Gasteiger partial charge in [0.25, 0.3) is 0 Å². The molecule has 3 aromatic rings. The highest BCUT2D eigenvalue weighted by molar-refractivity contribution is 5.76. The monoisotopic (exact) mass is 237 g/mol. The Kier molecular flexibility index (Phi) is 2.59. The molecule has 0 spiro atoms. The van der Waals surface area contributed by atoms with Crippen molar-refractivity contribution in [3.63, 3.8) is 0 Å². The lowest BCUT2D eigenvalue weighted by Crippen LogP contribution is -2.02. The predicted molar refractivity (Wildman–Crippen MR) is 73.0 cm³/mol. The van der Waals surface area contributed by atoms with E-state index in [2.05, 4.69) is 48.4 Å². The van der Waals surface area contributed by atoms with Gasteiger partial charge in [0.05, 0.1) is 11.2 Å². The Hall–Kier alpha value is -2.16. The summed E-state index contributed by atoms with van der Waals surface area (Å²) in [5, 5.41) is 8.50. The molecule has 0 aliphatic carbocycles. The standard InChI is InChI=1S/C15H15N3/c1-3-12-11(2)7-6-10-14(12)18-15-9-5-4-8-13(15)16-17-18/h4-10H,3H2,1-2H3. The van der Waals surface area contributed by atoms with E-state index < -0.39 is 0 Å². The summed E-state index contributed by atoms with van der Waals surface area (Å²) in [6, 6.07) is 14.4. The first-order valence-corrected chi connectivity index (χ1v) is 6.20. The van der Waals surface area contributed by atoms with Gasteiger partial charge in [-0.2, -0.15) is 0 Å². The van der Waals surface area contributed by atoms with E-state index in [0.29, 0.717) is 0 Å². The summed E-state index contributed by atoms with van der Waals surface area (Å²) in [7, 11) is 0. The van der Waals surface area contributed by atoms with Gasteiger partial charge in [-0.1, -0.05) is 36.4 Å². The lowest BCUT2D eigenvalue weighted by Gasteiger charge is -2.10. The lowest BCUT2D eigenvalue weighted by molar-refractivity contribution is 0.811. The summed E-state index contributed by atoms with van der Waals surface area (Å²) in [6.07, 6.45) is 0.996. The van der Waals surface area contributed by atoms with Crippen molar-refractivity contribution in [3.8, 4) is 5.69 Å². The molecule has 0 atom stereocenters. The van der Waals surface area contributed by atoms with E-state index in [0.717, 1.165) is 23.1 Å². The van der Waals surface area contributed by atoms with Gasteiger partial charge in [-0.25, -0.2) is 4.68 Å². The van der Waals surface area contributed by atoms with E-state index >= 15 is 0 Å². The lowest BCUT2D eigenvalue weighted by atomic mass is 10.0. The third-order valence-corrected chi connectivity index (χ3v) is 3.32. The normalized spacial score (nSPS) is 11.0. The number of benzene rings is 2. The maximum absolute atomic E-state index is 4.28. The highest BCUT2D eigenvalue weighted by Crippen LogP contribution is 2.22. The minimum atomic E-state index is 0.932. The van der Waals surface area contributed by atoms with Crippen LogP contribution < -0.4 is 0 Å². The number of aryl methyl sites for hydroxylation is 1. The van der Waals surface area contributed by atoms with Crippen molar-refractivity contribution >= 4 is 11.0 Å². The Morgan fingerprint density at radius 1 is 1.06 bits per heavy atom. The van der Waals surface area contributed by atoms with Gasteiger partial charge >= 0.3 is 0 Å². The van der Waals surface area contributed by atoms with Crippen LogP contribution in [0, 0.1) is 6.92 Å². The number of rotatable bonds is 2. The van der Waals surface area contributed by atoms with Crippen molar-refractivity contribution in [1.29, 1.82) is 0 Å². The predicted octanol–water partition coefficient (Wildman–Crippen LogP) is 3.29. The average molecular weight is 237 g/mol. The molecule has 3 nitrogen and oxygen atoms in total. The summed E-state index contributed by atoms with van der Waals surface area (Å²) in [6.45, 7) is 4.31. The first-order valence-electron chi connectivity index (χ1n) is 6.20. The van der Waals surface area contributed by atoms with Crippen LogP contribution in [0.4, 0.5) is 0 Å². The van der Waals surface area contributed by atoms with Crippen molar-refractivity contribution in [2.75, 3.05) is 0 Å². The first-order chi connectivity index (χ1) is 8.81. The molecule has 1 aromatic heterocycles. The van der Waals surface area contributed by atoms with E-state index in [1.165, 1.54) is 11.1 Å². The van der Waals surface area contributed by atoms with Gasteiger partial charge < -0.3 is 0 Å². The zero-order chi connectivity index (χ0) is 12.5. The van der Waals surface area contributed by atoms with Gasteiger partial charge in [0.1, 0.15) is 5.52 Å². The number of para-hydroxylation sites is 1. The van der Waals surface area contributed by atoms with E-state index in [1.54, 1.807) is 0 Å². The molecule has 3 rings (SSSR count). The molecule has 3 heteroatoms. The Labute approximate surface area is 106 Å². The zero-order valence-electron chi connectivity index (χ0n) is 10.6. The Balaban J connectivity index is 2.30. The van der Waals surface area contributed by atoms with E-state index in [4.69, 9.17) is 0 Å². The van der Waals surface area contributed by atoms with Crippen molar-refractivity contribution in [1.82, 2.24) is 15.0 Å². The molecule has 0 saturated carbocycles. The third-order valence-electron chi connectivity index (χ3n) is 3.32. The molecule has 0 saturated heterocycles. The maximum Gasteiger partial charge on any atom is 0.113 e. The maximum atomic E-state index is 4.28. The summed E-state index contributed by atoms with van der Waals surface area (Å²) in [5.41, 5.74) is 5.74. The molecule has 2 aromatic carbocycles. The number of nitrogens with zero attached hydrogens (tertiary/aromatic N) is 3. The van der Waals surface area contributed by atoms with Crippen LogP contribution >= 0.6 is 0 Å². The van der Waals surface area contributed by atoms with Gasteiger partial charge in [-0.15, -0.1) is 5.10 Å². The summed E-state index contributed by atoms with van der Waals surface area (Å²) < 4.78 is 1.93. The highest BCUT2D eigenvalue weighted by Gasteiger charge is 2.10. The molecule has 0 amide bonds. The second-order valence-electron chi connectivity index (χ2n) is 4.42. The number of fused-ring (bicyclic) bond motifs is 1. The molecule has 0 aliphatic heterocycles. The van der Waals surface area contributed by atoms with Crippen LogP contribution in [0.1, 0.15) is 18.1 Å². The number of hydrogen-bond acceptors (Lipinski definition) is 2. The second-order valence-corrected chi connectivity index (χ2v) is 4.42. The third kappa shape index (κ3) is 1.59. The molecule has 0 aliphatic rings. The van der Waals surface area contributed by atoms with Crippen molar-refractivity contribution in [2.24, 2.45) is 0 Å². The van der Waals surface area contributed by atoms with E-state index in [1.807, 2.05) is 22.9 Å². The van der Waals surface area contributed by atoms with Crippen LogP contribution in [-0.2, 0) is 6.42 Å². The van der Waals surface area contributed by atoms with Crippen LogP contribution in [0.3, 0.4) is 0 Å². The Morgan fingerprint density at radius 3 is 2.72 bits per heavy atom. The van der Waals surface area contributed by atoms with E-state index in [9.17, 15) is 0 Å².